The Morgan fingerprint density at radius 3 is 2.44 bits per heavy atom. The van der Waals surface area contributed by atoms with Gasteiger partial charge in [-0.15, -0.1) is 0 Å². The lowest BCUT2D eigenvalue weighted by molar-refractivity contribution is -0.137. The molecule has 0 aliphatic heterocycles. The first-order valence-corrected chi connectivity index (χ1v) is 5.86. The van der Waals surface area contributed by atoms with Crippen molar-refractivity contribution in [1.29, 1.82) is 0 Å². The summed E-state index contributed by atoms with van der Waals surface area (Å²) in [7, 11) is 0. The SMILES string of the molecule is CCCCNC(=O)NC(CCC)CC(=O)O. The highest BCUT2D eigenvalue weighted by atomic mass is 16.4. The molecular weight excluding hydrogens is 208 g/mol. The van der Waals surface area contributed by atoms with E-state index in [0.29, 0.717) is 13.0 Å². The number of carbonyl (C=O) groups excluding carboxylic acids is 1. The van der Waals surface area contributed by atoms with Crippen molar-refractivity contribution in [3.8, 4) is 0 Å². The number of hydrogen-bond donors (Lipinski definition) is 3. The molecule has 5 nitrogen and oxygen atoms in total. The second-order valence-electron chi connectivity index (χ2n) is 3.84. The van der Waals surface area contributed by atoms with Crippen molar-refractivity contribution >= 4 is 12.0 Å². The average molecular weight is 230 g/mol. The van der Waals surface area contributed by atoms with Crippen molar-refractivity contribution in [3.05, 3.63) is 0 Å². The molecule has 0 aliphatic rings. The summed E-state index contributed by atoms with van der Waals surface area (Å²) in [4.78, 5) is 21.9. The molecule has 16 heavy (non-hydrogen) atoms. The van der Waals surface area contributed by atoms with Crippen LogP contribution in [0.4, 0.5) is 4.79 Å². The van der Waals surface area contributed by atoms with Crippen molar-refractivity contribution in [3.63, 3.8) is 0 Å². The number of aliphatic carboxylic acids is 1. The Labute approximate surface area is 96.6 Å². The Morgan fingerprint density at radius 2 is 1.94 bits per heavy atom. The molecule has 0 aromatic heterocycles. The van der Waals surface area contributed by atoms with Gasteiger partial charge in [-0.3, -0.25) is 4.79 Å². The average Bonchev–Trinajstić information content (AvgIpc) is 2.17. The van der Waals surface area contributed by atoms with Gasteiger partial charge in [0.05, 0.1) is 6.42 Å². The number of nitrogens with one attached hydrogen (secondary N) is 2. The van der Waals surface area contributed by atoms with Crippen LogP contribution in [0.25, 0.3) is 0 Å². The molecule has 0 aliphatic carbocycles. The van der Waals surface area contributed by atoms with Gasteiger partial charge in [0.1, 0.15) is 0 Å². The van der Waals surface area contributed by atoms with Crippen LogP contribution in [0, 0.1) is 0 Å². The molecule has 0 heterocycles. The molecule has 2 amide bonds. The molecule has 1 atom stereocenters. The molecule has 0 rings (SSSR count). The minimum absolute atomic E-state index is 0.0188. The highest BCUT2D eigenvalue weighted by molar-refractivity contribution is 5.75. The first kappa shape index (κ1) is 14.7. The summed E-state index contributed by atoms with van der Waals surface area (Å²) < 4.78 is 0. The van der Waals surface area contributed by atoms with E-state index in [4.69, 9.17) is 5.11 Å². The van der Waals surface area contributed by atoms with Gasteiger partial charge in [-0.05, 0) is 12.8 Å². The van der Waals surface area contributed by atoms with Crippen LogP contribution in [0.5, 0.6) is 0 Å². The Balaban J connectivity index is 3.87. The largest absolute Gasteiger partial charge is 0.481 e. The van der Waals surface area contributed by atoms with E-state index in [-0.39, 0.29) is 18.5 Å². The smallest absolute Gasteiger partial charge is 0.315 e. The molecule has 94 valence electrons. The molecule has 0 saturated heterocycles. The number of carboxylic acids is 1. The summed E-state index contributed by atoms with van der Waals surface area (Å²) in [6, 6.07) is -0.544. The number of carbonyl (C=O) groups is 2. The minimum Gasteiger partial charge on any atom is -0.481 e. The number of rotatable bonds is 8. The third kappa shape index (κ3) is 8.08. The molecule has 0 aromatic carbocycles. The highest BCUT2D eigenvalue weighted by Gasteiger charge is 2.14. The van der Waals surface area contributed by atoms with Crippen LogP contribution in [0.1, 0.15) is 46.0 Å². The standard InChI is InChI=1S/C11H22N2O3/c1-3-5-7-12-11(16)13-9(6-4-2)8-10(14)15/h9H,3-8H2,1-2H3,(H,14,15)(H2,12,13,16). The number of unbranched alkanes of at least 4 members (excludes halogenated alkanes) is 1. The predicted octanol–water partition coefficient (Wildman–Crippen LogP) is 1.73. The quantitative estimate of drug-likeness (QED) is 0.556. The lowest BCUT2D eigenvalue weighted by Gasteiger charge is -2.16. The molecule has 3 N–H and O–H groups in total. The Hall–Kier alpha value is -1.26. The first-order valence-electron chi connectivity index (χ1n) is 5.86. The van der Waals surface area contributed by atoms with Gasteiger partial charge in [-0.1, -0.05) is 26.7 Å². The molecule has 1 unspecified atom stereocenters. The van der Waals surface area contributed by atoms with Crippen molar-refractivity contribution in [1.82, 2.24) is 10.6 Å². The van der Waals surface area contributed by atoms with Gasteiger partial charge in [0, 0.05) is 12.6 Å². The molecule has 5 heteroatoms. The Morgan fingerprint density at radius 1 is 1.25 bits per heavy atom. The van der Waals surface area contributed by atoms with Gasteiger partial charge < -0.3 is 15.7 Å². The zero-order chi connectivity index (χ0) is 12.4. The second kappa shape index (κ2) is 9.00. The zero-order valence-electron chi connectivity index (χ0n) is 10.1. The van der Waals surface area contributed by atoms with E-state index in [9.17, 15) is 9.59 Å². The van der Waals surface area contributed by atoms with Gasteiger partial charge in [-0.25, -0.2) is 4.79 Å². The maximum atomic E-state index is 11.4. The van der Waals surface area contributed by atoms with Crippen LogP contribution in [-0.4, -0.2) is 29.7 Å². The van der Waals surface area contributed by atoms with Gasteiger partial charge in [0.25, 0.3) is 0 Å². The zero-order valence-corrected chi connectivity index (χ0v) is 10.1. The summed E-state index contributed by atoms with van der Waals surface area (Å²) in [6.45, 7) is 4.64. The predicted molar refractivity (Wildman–Crippen MR) is 62.4 cm³/mol. The van der Waals surface area contributed by atoms with Crippen LogP contribution in [0.15, 0.2) is 0 Å². The molecule has 0 spiro atoms. The first-order chi connectivity index (χ1) is 7.60. The van der Waals surface area contributed by atoms with E-state index < -0.39 is 5.97 Å². The highest BCUT2D eigenvalue weighted by Crippen LogP contribution is 2.01. The minimum atomic E-state index is -0.882. The van der Waals surface area contributed by atoms with Gasteiger partial charge >= 0.3 is 12.0 Å². The summed E-state index contributed by atoms with van der Waals surface area (Å²) in [6.07, 6.45) is 3.48. The summed E-state index contributed by atoms with van der Waals surface area (Å²) in [5, 5.41) is 14.0. The van der Waals surface area contributed by atoms with E-state index in [1.54, 1.807) is 0 Å². The summed E-state index contributed by atoms with van der Waals surface area (Å²) in [5.41, 5.74) is 0. The van der Waals surface area contributed by atoms with Crippen molar-refractivity contribution in [2.75, 3.05) is 6.54 Å². The van der Waals surface area contributed by atoms with E-state index in [2.05, 4.69) is 10.6 Å². The molecule has 0 radical (unpaired) electrons. The summed E-state index contributed by atoms with van der Waals surface area (Å²) in [5.74, 6) is -0.882. The fraction of sp³-hybridized carbons (Fsp3) is 0.818. The Kier molecular flexibility index (Phi) is 8.29. The third-order valence-corrected chi connectivity index (χ3v) is 2.21. The fourth-order valence-electron chi connectivity index (χ4n) is 1.40. The van der Waals surface area contributed by atoms with E-state index >= 15 is 0 Å². The van der Waals surface area contributed by atoms with E-state index in [0.717, 1.165) is 19.3 Å². The fourth-order valence-corrected chi connectivity index (χ4v) is 1.40. The number of amides is 2. The maximum Gasteiger partial charge on any atom is 0.315 e. The molecular formula is C11H22N2O3. The van der Waals surface area contributed by atoms with Crippen LogP contribution >= 0.6 is 0 Å². The lowest BCUT2D eigenvalue weighted by Crippen LogP contribution is -2.43. The number of urea groups is 1. The van der Waals surface area contributed by atoms with Crippen molar-refractivity contribution in [2.24, 2.45) is 0 Å². The monoisotopic (exact) mass is 230 g/mol. The lowest BCUT2D eigenvalue weighted by atomic mass is 10.1. The van der Waals surface area contributed by atoms with Crippen LogP contribution < -0.4 is 10.6 Å². The van der Waals surface area contributed by atoms with Gasteiger partial charge in [0.2, 0.25) is 0 Å². The van der Waals surface area contributed by atoms with Crippen molar-refractivity contribution < 1.29 is 14.7 Å². The van der Waals surface area contributed by atoms with Crippen molar-refractivity contribution in [2.45, 2.75) is 52.0 Å². The van der Waals surface area contributed by atoms with Crippen LogP contribution in [0.3, 0.4) is 0 Å². The topological polar surface area (TPSA) is 78.4 Å². The van der Waals surface area contributed by atoms with E-state index in [1.807, 2.05) is 13.8 Å². The number of hydrogen-bond acceptors (Lipinski definition) is 2. The number of carboxylic acid groups (broad SMARTS) is 1. The normalized spacial score (nSPS) is 11.9. The van der Waals surface area contributed by atoms with E-state index in [1.165, 1.54) is 0 Å². The molecule has 0 bridgehead atoms. The second-order valence-corrected chi connectivity index (χ2v) is 3.84. The molecule has 0 fully saturated rings. The maximum absolute atomic E-state index is 11.4. The Bertz CT molecular complexity index is 219. The van der Waals surface area contributed by atoms with Crippen LogP contribution in [-0.2, 0) is 4.79 Å². The molecule has 0 saturated carbocycles. The van der Waals surface area contributed by atoms with Gasteiger partial charge in [-0.2, -0.15) is 0 Å². The van der Waals surface area contributed by atoms with Gasteiger partial charge in [0.15, 0.2) is 0 Å². The third-order valence-electron chi connectivity index (χ3n) is 2.21. The molecule has 0 aromatic rings. The van der Waals surface area contributed by atoms with Crippen LogP contribution in [0.2, 0.25) is 0 Å². The summed E-state index contributed by atoms with van der Waals surface area (Å²) >= 11 is 0.